The number of rotatable bonds is 4. The number of hydrogen-bond acceptors (Lipinski definition) is 6. The number of nitrogens with one attached hydrogen (secondary N) is 1. The van der Waals surface area contributed by atoms with Gasteiger partial charge in [0.05, 0.1) is 0 Å². The zero-order valence-corrected chi connectivity index (χ0v) is 14.1. The van der Waals surface area contributed by atoms with Crippen LogP contribution in [0.5, 0.6) is 0 Å². The quantitative estimate of drug-likeness (QED) is 0.744. The fourth-order valence-electron chi connectivity index (χ4n) is 3.22. The first-order chi connectivity index (χ1) is 11.9. The van der Waals surface area contributed by atoms with E-state index in [2.05, 4.69) is 0 Å². The van der Waals surface area contributed by atoms with Crippen molar-refractivity contribution in [2.45, 2.75) is 23.8 Å². The fourth-order valence-corrected chi connectivity index (χ4v) is 4.86. The van der Waals surface area contributed by atoms with Crippen molar-refractivity contribution >= 4 is 35.6 Å². The van der Waals surface area contributed by atoms with Crippen LogP contribution in [0.3, 0.4) is 0 Å². The Hall–Kier alpha value is -2.55. The van der Waals surface area contributed by atoms with E-state index < -0.39 is 35.4 Å². The summed E-state index contributed by atoms with van der Waals surface area (Å²) in [5.41, 5.74) is 5.79. The molecule has 0 unspecified atom stereocenters. The maximum absolute atomic E-state index is 12.4. The van der Waals surface area contributed by atoms with Gasteiger partial charge < -0.3 is 15.4 Å². The van der Waals surface area contributed by atoms with Crippen LogP contribution in [-0.2, 0) is 24.0 Å². The lowest BCUT2D eigenvalue weighted by molar-refractivity contribution is -0.156. The number of carbonyl (C=O) groups excluding carboxylic acids is 4. The largest absolute Gasteiger partial charge is 0.454 e. The molecular weight excluding hydrogens is 346 g/mol. The van der Waals surface area contributed by atoms with E-state index in [0.29, 0.717) is 18.6 Å². The first-order valence-electron chi connectivity index (χ1n) is 7.71. The summed E-state index contributed by atoms with van der Waals surface area (Å²) in [6, 6.07) is 7.77. The van der Waals surface area contributed by atoms with Crippen LogP contribution in [0.25, 0.3) is 0 Å². The van der Waals surface area contributed by atoms with Gasteiger partial charge in [-0.05, 0) is 12.0 Å². The molecule has 4 amide bonds. The molecule has 0 aliphatic carbocycles. The lowest BCUT2D eigenvalue weighted by Gasteiger charge is -2.33. The van der Waals surface area contributed by atoms with Crippen molar-refractivity contribution in [3.05, 3.63) is 35.9 Å². The number of hydrogen-bond donors (Lipinski definition) is 2. The molecule has 132 valence electrons. The second-order valence-corrected chi connectivity index (χ2v) is 7.06. The average molecular weight is 363 g/mol. The molecule has 1 aromatic rings. The summed E-state index contributed by atoms with van der Waals surface area (Å²) in [5, 5.41) is 1.81. The summed E-state index contributed by atoms with van der Waals surface area (Å²) in [6.07, 6.45) is 0.973. The number of amides is 4. The van der Waals surface area contributed by atoms with Crippen molar-refractivity contribution in [1.82, 2.24) is 10.2 Å². The van der Waals surface area contributed by atoms with Gasteiger partial charge in [-0.1, -0.05) is 30.3 Å². The first-order valence-corrected chi connectivity index (χ1v) is 8.70. The zero-order valence-electron chi connectivity index (χ0n) is 13.3. The predicted octanol–water partition coefficient (Wildman–Crippen LogP) is 0.315. The number of urea groups is 1. The van der Waals surface area contributed by atoms with E-state index in [1.165, 1.54) is 11.8 Å². The average Bonchev–Trinajstić information content (AvgIpc) is 3.13. The van der Waals surface area contributed by atoms with Gasteiger partial charge in [0.2, 0.25) is 5.91 Å². The van der Waals surface area contributed by atoms with Gasteiger partial charge in [0.1, 0.15) is 10.9 Å². The van der Waals surface area contributed by atoms with Crippen LogP contribution >= 0.6 is 11.8 Å². The van der Waals surface area contributed by atoms with Crippen molar-refractivity contribution in [1.29, 1.82) is 0 Å². The van der Waals surface area contributed by atoms with Crippen LogP contribution in [0.15, 0.2) is 30.3 Å². The number of primary amides is 1. The van der Waals surface area contributed by atoms with E-state index in [9.17, 15) is 19.2 Å². The summed E-state index contributed by atoms with van der Waals surface area (Å²) >= 11 is 1.53. The summed E-state index contributed by atoms with van der Waals surface area (Å²) in [4.78, 5) is 47.7. The molecule has 1 aromatic carbocycles. The van der Waals surface area contributed by atoms with Crippen molar-refractivity contribution in [3.63, 3.8) is 0 Å². The van der Waals surface area contributed by atoms with Gasteiger partial charge in [-0.2, -0.15) is 0 Å². The normalized spacial score (nSPS) is 24.7. The van der Waals surface area contributed by atoms with E-state index in [0.717, 1.165) is 5.56 Å². The van der Waals surface area contributed by atoms with Crippen molar-refractivity contribution in [2.75, 3.05) is 12.4 Å². The number of carbonyl (C=O) groups is 4. The first kappa shape index (κ1) is 17.3. The Morgan fingerprint density at radius 2 is 2.04 bits per heavy atom. The van der Waals surface area contributed by atoms with E-state index in [1.54, 1.807) is 4.90 Å². The molecule has 25 heavy (non-hydrogen) atoms. The lowest BCUT2D eigenvalue weighted by Crippen LogP contribution is -2.47. The molecule has 0 radical (unpaired) electrons. The number of nitrogens with zero attached hydrogens (tertiary/aromatic N) is 1. The molecule has 0 aromatic heterocycles. The van der Waals surface area contributed by atoms with Crippen LogP contribution < -0.4 is 11.1 Å². The van der Waals surface area contributed by atoms with Crippen molar-refractivity contribution < 1.29 is 23.9 Å². The Kier molecular flexibility index (Phi) is 4.67. The molecule has 9 heteroatoms. The number of esters is 1. The zero-order chi connectivity index (χ0) is 18.0. The Morgan fingerprint density at radius 3 is 2.72 bits per heavy atom. The van der Waals surface area contributed by atoms with Gasteiger partial charge in [0, 0.05) is 12.2 Å². The van der Waals surface area contributed by atoms with Crippen molar-refractivity contribution in [2.24, 2.45) is 5.73 Å². The molecule has 2 aliphatic rings. The smallest absolute Gasteiger partial charge is 0.330 e. The molecule has 2 saturated heterocycles. The monoisotopic (exact) mass is 363 g/mol. The van der Waals surface area contributed by atoms with Gasteiger partial charge in [-0.25, -0.2) is 9.59 Å². The summed E-state index contributed by atoms with van der Waals surface area (Å²) in [7, 11) is 0. The van der Waals surface area contributed by atoms with Gasteiger partial charge in [-0.3, -0.25) is 14.9 Å². The van der Waals surface area contributed by atoms with Gasteiger partial charge in [0.15, 0.2) is 6.61 Å². The molecule has 8 nitrogen and oxygen atoms in total. The maximum atomic E-state index is 12.4. The van der Waals surface area contributed by atoms with Crippen LogP contribution in [-0.4, -0.2) is 47.1 Å². The van der Waals surface area contributed by atoms with E-state index >= 15 is 0 Å². The molecule has 0 bridgehead atoms. The highest BCUT2D eigenvalue weighted by Crippen LogP contribution is 2.54. The second-order valence-electron chi connectivity index (χ2n) is 5.76. The number of nitrogens with two attached hydrogens (primary N) is 1. The number of imide groups is 1. The van der Waals surface area contributed by atoms with Crippen LogP contribution in [0.1, 0.15) is 18.4 Å². The Bertz CT molecular complexity index is 726. The van der Waals surface area contributed by atoms with E-state index in [4.69, 9.17) is 10.5 Å². The number of thioether (sulfide) groups is 1. The van der Waals surface area contributed by atoms with Crippen LogP contribution in [0, 0.1) is 0 Å². The van der Waals surface area contributed by atoms with Gasteiger partial charge >= 0.3 is 12.0 Å². The van der Waals surface area contributed by atoms with E-state index in [1.807, 2.05) is 35.6 Å². The molecule has 3 rings (SSSR count). The molecule has 2 fully saturated rings. The topological polar surface area (TPSA) is 119 Å². The number of ether oxygens (including phenoxy) is 1. The molecule has 3 N–H and O–H groups in total. The summed E-state index contributed by atoms with van der Waals surface area (Å²) in [5.74, 6) is -1.21. The van der Waals surface area contributed by atoms with Gasteiger partial charge in [-0.15, -0.1) is 11.8 Å². The van der Waals surface area contributed by atoms with Crippen molar-refractivity contribution in [3.8, 4) is 0 Å². The van der Waals surface area contributed by atoms with Gasteiger partial charge in [0.25, 0.3) is 5.91 Å². The third-order valence-electron chi connectivity index (χ3n) is 4.23. The number of benzene rings is 1. The minimum Gasteiger partial charge on any atom is -0.454 e. The summed E-state index contributed by atoms with van der Waals surface area (Å²) in [6.45, 7) is -0.622. The Balaban J connectivity index is 1.74. The van der Waals surface area contributed by atoms with Crippen LogP contribution in [0.4, 0.5) is 4.79 Å². The standard InChI is InChI=1S/C16H17N3O5S/c17-15(23)18-12(20)8-24-14(22)11-9-25-16(7-6-13(21)19(11)16)10-4-2-1-3-5-10/h1-5,11H,6-9H2,(H3,17,18,20,23)/t11-,16-/m1/s1. The highest BCUT2D eigenvalue weighted by Gasteiger charge is 2.57. The molecule has 2 heterocycles. The maximum Gasteiger partial charge on any atom is 0.330 e. The highest BCUT2D eigenvalue weighted by atomic mass is 32.2. The predicted molar refractivity (Wildman–Crippen MR) is 89.1 cm³/mol. The minimum atomic E-state index is -1.02. The lowest BCUT2D eigenvalue weighted by atomic mass is 10.0. The SMILES string of the molecule is NC(=O)NC(=O)COC(=O)[C@H]1CS[C@@]2(c3ccccc3)CCC(=O)N12. The fraction of sp³-hybridized carbons (Fsp3) is 0.375. The molecule has 2 atom stereocenters. The minimum absolute atomic E-state index is 0.114. The Morgan fingerprint density at radius 1 is 1.32 bits per heavy atom. The van der Waals surface area contributed by atoms with E-state index in [-0.39, 0.29) is 5.91 Å². The molecule has 2 aliphatic heterocycles. The molecule has 0 saturated carbocycles. The molecule has 0 spiro atoms. The third kappa shape index (κ3) is 3.19. The van der Waals surface area contributed by atoms with Crippen LogP contribution in [0.2, 0.25) is 0 Å². The second kappa shape index (κ2) is 6.75. The highest BCUT2D eigenvalue weighted by molar-refractivity contribution is 8.00. The molecular formula is C16H17N3O5S. The summed E-state index contributed by atoms with van der Waals surface area (Å²) < 4.78 is 4.96. The Labute approximate surface area is 148 Å². The third-order valence-corrected chi connectivity index (χ3v) is 5.83. The number of fused-ring (bicyclic) bond motifs is 1.